The van der Waals surface area contributed by atoms with E-state index in [1.807, 2.05) is 0 Å². The summed E-state index contributed by atoms with van der Waals surface area (Å²) in [5.74, 6) is 0. The van der Waals surface area contributed by atoms with Gasteiger partial charge in [-0.1, -0.05) is 0 Å². The predicted molar refractivity (Wildman–Crippen MR) is 36.8 cm³/mol. The third kappa shape index (κ3) is 1.87. The monoisotopic (exact) mass is 146 g/mol. The van der Waals surface area contributed by atoms with Crippen LogP contribution in [-0.4, -0.2) is 31.1 Å². The van der Waals surface area contributed by atoms with Gasteiger partial charge < -0.3 is 9.74 Å². The van der Waals surface area contributed by atoms with Gasteiger partial charge in [0.2, 0.25) is 0 Å². The lowest BCUT2D eigenvalue weighted by molar-refractivity contribution is 0.0728. The molecule has 0 spiro atoms. The van der Waals surface area contributed by atoms with Crippen LogP contribution in [-0.2, 0) is 17.3 Å². The molecule has 1 rings (SSSR count). The van der Waals surface area contributed by atoms with Gasteiger partial charge in [0.1, 0.15) is 6.10 Å². The normalized spacial score (nSPS) is 28.3. The fourth-order valence-corrected chi connectivity index (χ4v) is 1.16. The average molecular weight is 146 g/mol. The first kappa shape index (κ1) is 6.89. The molecule has 1 fully saturated rings. The lowest BCUT2D eigenvalue weighted by atomic mass is 10.3. The summed E-state index contributed by atoms with van der Waals surface area (Å²) in [4.78, 5) is 7.07. The molecule has 4 heteroatoms. The highest BCUT2D eigenvalue weighted by molar-refractivity contribution is 7.47. The predicted octanol–water partition coefficient (Wildman–Crippen LogP) is 0.353. The number of rotatable bonds is 2. The largest absolute Gasteiger partial charge is 0.381 e. The van der Waals surface area contributed by atoms with Crippen LogP contribution in [0.4, 0.5) is 0 Å². The van der Waals surface area contributed by atoms with Gasteiger partial charge in [-0.2, -0.15) is 0 Å². The molecule has 9 heavy (non-hydrogen) atoms. The summed E-state index contributed by atoms with van der Waals surface area (Å²) in [6.07, 6.45) is 1.30. The third-order valence-electron chi connectivity index (χ3n) is 1.54. The van der Waals surface area contributed by atoms with Crippen molar-refractivity contribution < 1.29 is 4.84 Å². The van der Waals surface area contributed by atoms with Gasteiger partial charge in [-0.15, -0.1) is 0 Å². The molecule has 0 N–H and O–H groups in total. The van der Waals surface area contributed by atoms with E-state index in [4.69, 9.17) is 4.84 Å². The highest BCUT2D eigenvalue weighted by Crippen LogP contribution is 2.09. The Morgan fingerprint density at radius 2 is 2.56 bits per heavy atom. The molecule has 0 unspecified atom stereocenters. The van der Waals surface area contributed by atoms with Gasteiger partial charge in [0, 0.05) is 19.5 Å². The fraction of sp³-hybridized carbons (Fsp3) is 1.00. The van der Waals surface area contributed by atoms with E-state index in [1.54, 1.807) is 0 Å². The van der Waals surface area contributed by atoms with Gasteiger partial charge in [-0.25, -0.2) is 0 Å². The topological polar surface area (TPSA) is 24.8 Å². The molecule has 0 radical (unpaired) electrons. The summed E-state index contributed by atoms with van der Waals surface area (Å²) in [6, 6.07) is 0. The van der Waals surface area contributed by atoms with Crippen LogP contribution in [0.1, 0.15) is 6.42 Å². The van der Waals surface area contributed by atoms with E-state index >= 15 is 0 Å². The quantitative estimate of drug-likeness (QED) is 0.526. The van der Waals surface area contributed by atoms with Crippen LogP contribution >= 0.6 is 0 Å². The smallest absolute Gasteiger partial charge is 0.142 e. The van der Waals surface area contributed by atoms with Crippen molar-refractivity contribution >= 4 is 12.4 Å². The Bertz CT molecular complexity index is 109. The number of nitrogens with zero attached hydrogens (tertiary/aromatic N) is 2. The lowest BCUT2D eigenvalue weighted by Gasteiger charge is -2.05. The number of hydrogen-bond acceptors (Lipinski definition) is 4. The van der Waals surface area contributed by atoms with Crippen LogP contribution in [0.15, 0.2) is 4.53 Å². The maximum Gasteiger partial charge on any atom is 0.142 e. The molecule has 0 bridgehead atoms. The standard InChI is InChI=1S/C5H10N2OS/c1-7-3-2-5(4-7)8-6-9/h5H,2-4H2,1H3/t5-/m1/s1. The van der Waals surface area contributed by atoms with Crippen molar-refractivity contribution in [1.29, 1.82) is 0 Å². The summed E-state index contributed by atoms with van der Waals surface area (Å²) < 4.78 is 3.21. The first-order valence-electron chi connectivity index (χ1n) is 3.00. The Balaban J connectivity index is 2.21. The van der Waals surface area contributed by atoms with Crippen molar-refractivity contribution in [2.45, 2.75) is 12.5 Å². The highest BCUT2D eigenvalue weighted by atomic mass is 32.1. The number of likely N-dealkylation sites (tertiary alicyclic amines) is 1. The van der Waals surface area contributed by atoms with E-state index in [9.17, 15) is 0 Å². The Kier molecular flexibility index (Phi) is 2.36. The van der Waals surface area contributed by atoms with Crippen molar-refractivity contribution in [2.75, 3.05) is 20.1 Å². The van der Waals surface area contributed by atoms with E-state index in [0.717, 1.165) is 19.5 Å². The molecular weight excluding hydrogens is 136 g/mol. The molecule has 1 saturated heterocycles. The van der Waals surface area contributed by atoms with E-state index in [1.165, 1.54) is 0 Å². The second kappa shape index (κ2) is 3.08. The van der Waals surface area contributed by atoms with E-state index < -0.39 is 0 Å². The number of hydrogen-bond donors (Lipinski definition) is 0. The summed E-state index contributed by atoms with van der Waals surface area (Å²) in [5, 5.41) is 0. The summed E-state index contributed by atoms with van der Waals surface area (Å²) >= 11 is 4.31. The van der Waals surface area contributed by atoms with Crippen molar-refractivity contribution in [3.8, 4) is 0 Å². The van der Waals surface area contributed by atoms with Crippen molar-refractivity contribution in [1.82, 2.24) is 4.90 Å². The van der Waals surface area contributed by atoms with Crippen LogP contribution in [0.3, 0.4) is 0 Å². The van der Waals surface area contributed by atoms with Crippen LogP contribution in [0.25, 0.3) is 0 Å². The molecule has 0 amide bonds. The fourth-order valence-electron chi connectivity index (χ4n) is 1.04. The second-order valence-electron chi connectivity index (χ2n) is 2.35. The molecular formula is C5H10N2OS. The minimum Gasteiger partial charge on any atom is -0.381 e. The molecule has 0 aromatic heterocycles. The van der Waals surface area contributed by atoms with Crippen LogP contribution in [0.2, 0.25) is 0 Å². The first-order valence-corrected chi connectivity index (χ1v) is 3.36. The van der Waals surface area contributed by atoms with Gasteiger partial charge >= 0.3 is 0 Å². The lowest BCUT2D eigenvalue weighted by Crippen LogP contribution is -2.17. The highest BCUT2D eigenvalue weighted by Gasteiger charge is 2.20. The molecule has 1 heterocycles. The maximum absolute atomic E-state index is 4.87. The molecule has 0 aliphatic carbocycles. The molecule has 1 aliphatic heterocycles. The molecule has 0 aromatic carbocycles. The van der Waals surface area contributed by atoms with Gasteiger partial charge in [-0.3, -0.25) is 0 Å². The Morgan fingerprint density at radius 1 is 1.78 bits per heavy atom. The van der Waals surface area contributed by atoms with Crippen LogP contribution in [0.5, 0.6) is 0 Å². The Hall–Kier alpha value is -0.220. The SMILES string of the molecule is CN1CC[C@@H](ON=S)C1. The van der Waals surface area contributed by atoms with E-state index in [2.05, 4.69) is 28.9 Å². The van der Waals surface area contributed by atoms with Gasteiger partial charge in [0.25, 0.3) is 0 Å². The molecule has 52 valence electrons. The van der Waals surface area contributed by atoms with Crippen molar-refractivity contribution in [3.05, 3.63) is 0 Å². The van der Waals surface area contributed by atoms with E-state index in [-0.39, 0.29) is 6.10 Å². The second-order valence-corrected chi connectivity index (χ2v) is 2.50. The average Bonchev–Trinajstić information content (AvgIpc) is 2.17. The summed E-state index contributed by atoms with van der Waals surface area (Å²) in [6.45, 7) is 2.05. The number of likely N-dealkylation sites (N-methyl/N-ethyl adjacent to an activating group) is 1. The third-order valence-corrected chi connectivity index (χ3v) is 1.63. The maximum atomic E-state index is 4.87. The van der Waals surface area contributed by atoms with Gasteiger partial charge in [-0.05, 0) is 11.6 Å². The van der Waals surface area contributed by atoms with Crippen LogP contribution in [0, 0.1) is 0 Å². The Labute approximate surface area is 60.1 Å². The Morgan fingerprint density at radius 3 is 3.00 bits per heavy atom. The van der Waals surface area contributed by atoms with Gasteiger partial charge in [0.15, 0.2) is 0 Å². The summed E-state index contributed by atoms with van der Waals surface area (Å²) in [7, 11) is 2.06. The molecule has 0 saturated carbocycles. The first-order chi connectivity index (χ1) is 4.33. The van der Waals surface area contributed by atoms with Crippen molar-refractivity contribution in [3.63, 3.8) is 0 Å². The minimum absolute atomic E-state index is 0.243. The molecule has 3 nitrogen and oxygen atoms in total. The minimum atomic E-state index is 0.243. The zero-order chi connectivity index (χ0) is 6.69. The summed E-state index contributed by atoms with van der Waals surface area (Å²) in [5.41, 5.74) is 0. The molecule has 1 aliphatic rings. The van der Waals surface area contributed by atoms with Gasteiger partial charge in [0.05, 0.1) is 12.4 Å². The molecule has 0 aromatic rings. The van der Waals surface area contributed by atoms with Crippen LogP contribution < -0.4 is 0 Å². The van der Waals surface area contributed by atoms with Crippen molar-refractivity contribution in [2.24, 2.45) is 4.53 Å². The zero-order valence-electron chi connectivity index (χ0n) is 5.41. The van der Waals surface area contributed by atoms with E-state index in [0.29, 0.717) is 0 Å². The molecule has 1 atom stereocenters. The zero-order valence-corrected chi connectivity index (χ0v) is 6.23.